The van der Waals surface area contributed by atoms with Gasteiger partial charge >= 0.3 is 0 Å². The Morgan fingerprint density at radius 3 is 2.03 bits per heavy atom. The van der Waals surface area contributed by atoms with Crippen LogP contribution >= 0.6 is 0 Å². The van der Waals surface area contributed by atoms with Gasteiger partial charge in [-0.15, -0.1) is 0 Å². The van der Waals surface area contributed by atoms with E-state index >= 15 is 0 Å². The molecule has 1 fully saturated rings. The number of aliphatic hydroxyl groups is 1. The van der Waals surface area contributed by atoms with E-state index < -0.39 is 32.2 Å². The summed E-state index contributed by atoms with van der Waals surface area (Å²) in [6, 6.07) is 12.9. The molecule has 3 atom stereocenters. The number of hydrogen-bond donors (Lipinski definition) is 3. The third-order valence-electron chi connectivity index (χ3n) is 5.63. The lowest BCUT2D eigenvalue weighted by Crippen LogP contribution is -2.51. The Kier molecular flexibility index (Phi) is 8.07. The molecule has 3 rings (SSSR count). The maximum absolute atomic E-state index is 12.8. The molecule has 8 nitrogen and oxygen atoms in total. The molecular formula is C22H30N2O6S2. The smallest absolute Gasteiger partial charge is 0.241 e. The van der Waals surface area contributed by atoms with Gasteiger partial charge in [-0.3, -0.25) is 0 Å². The molecule has 1 heterocycles. The summed E-state index contributed by atoms with van der Waals surface area (Å²) in [5, 5.41) is 9.76. The molecule has 0 unspecified atom stereocenters. The molecule has 0 radical (unpaired) electrons. The Morgan fingerprint density at radius 1 is 0.906 bits per heavy atom. The van der Waals surface area contributed by atoms with Crippen LogP contribution in [0.3, 0.4) is 0 Å². The van der Waals surface area contributed by atoms with Crippen molar-refractivity contribution in [2.45, 2.75) is 61.2 Å². The number of nitrogens with one attached hydrogen (secondary N) is 2. The Hall–Kier alpha value is -1.82. The molecule has 1 saturated heterocycles. The van der Waals surface area contributed by atoms with Gasteiger partial charge in [0, 0.05) is 6.54 Å². The Morgan fingerprint density at radius 2 is 1.47 bits per heavy atom. The van der Waals surface area contributed by atoms with Gasteiger partial charge in [0.05, 0.1) is 34.6 Å². The topological polar surface area (TPSA) is 122 Å². The molecule has 1 aliphatic heterocycles. The highest BCUT2D eigenvalue weighted by Crippen LogP contribution is 2.24. The van der Waals surface area contributed by atoms with Crippen molar-refractivity contribution in [1.82, 2.24) is 9.44 Å². The van der Waals surface area contributed by atoms with E-state index in [9.17, 15) is 21.9 Å². The molecule has 32 heavy (non-hydrogen) atoms. The molecule has 3 N–H and O–H groups in total. The van der Waals surface area contributed by atoms with Crippen LogP contribution in [0.15, 0.2) is 58.3 Å². The molecule has 2 aromatic carbocycles. The molecule has 1 aliphatic rings. The first kappa shape index (κ1) is 24.8. The first-order valence-corrected chi connectivity index (χ1v) is 13.5. The Bertz CT molecular complexity index is 1130. The van der Waals surface area contributed by atoms with Gasteiger partial charge in [0.25, 0.3) is 0 Å². The molecule has 0 aliphatic carbocycles. The summed E-state index contributed by atoms with van der Waals surface area (Å²) in [5.41, 5.74) is 1.30. The summed E-state index contributed by atoms with van der Waals surface area (Å²) in [4.78, 5) is 0.438. The van der Waals surface area contributed by atoms with Gasteiger partial charge in [-0.25, -0.2) is 26.3 Å². The Labute approximate surface area is 190 Å². The molecule has 0 bridgehead atoms. The molecule has 2 aromatic rings. The van der Waals surface area contributed by atoms with Crippen molar-refractivity contribution in [3.63, 3.8) is 0 Å². The maximum Gasteiger partial charge on any atom is 0.241 e. The number of aryl methyl sites for hydroxylation is 2. The fourth-order valence-corrected chi connectivity index (χ4v) is 6.73. The minimum atomic E-state index is -3.75. The van der Waals surface area contributed by atoms with Gasteiger partial charge in [0.1, 0.15) is 0 Å². The number of benzene rings is 2. The van der Waals surface area contributed by atoms with Crippen LogP contribution in [0.4, 0.5) is 0 Å². The lowest BCUT2D eigenvalue weighted by Gasteiger charge is -2.36. The highest BCUT2D eigenvalue weighted by atomic mass is 32.2. The van der Waals surface area contributed by atoms with Crippen LogP contribution in [-0.4, -0.2) is 53.3 Å². The summed E-state index contributed by atoms with van der Waals surface area (Å²) in [6.07, 6.45) is 0.444. The van der Waals surface area contributed by atoms with Gasteiger partial charge in [-0.05, 0) is 56.4 Å². The number of aliphatic hydroxyl groups excluding tert-OH is 1. The van der Waals surface area contributed by atoms with Crippen LogP contribution in [0.5, 0.6) is 0 Å². The van der Waals surface area contributed by atoms with E-state index in [1.165, 1.54) is 0 Å². The average Bonchev–Trinajstić information content (AvgIpc) is 2.74. The highest BCUT2D eigenvalue weighted by molar-refractivity contribution is 7.89. The minimum absolute atomic E-state index is 0.180. The molecule has 0 amide bonds. The monoisotopic (exact) mass is 482 g/mol. The molecule has 10 heteroatoms. The van der Waals surface area contributed by atoms with Crippen LogP contribution in [0, 0.1) is 13.8 Å². The van der Waals surface area contributed by atoms with Crippen molar-refractivity contribution in [3.05, 3.63) is 59.7 Å². The SMILES string of the molecule is Cc1ccccc1S(=O)(=O)NCC[C@H]1CC[C@H](NS(=O)(=O)c2ccccc2C)[C@@H](CO)O1. The standard InChI is InChI=1S/C22H30N2O6S2/c1-16-7-3-5-9-21(16)31(26,27)23-14-13-18-11-12-19(20(15-25)30-18)24-32(28,29)22-10-6-4-8-17(22)2/h3-10,18-20,23-25H,11-15H2,1-2H3/t18-,19+,20-/m1/s1. The molecule has 0 aromatic heterocycles. The second kappa shape index (κ2) is 10.4. The van der Waals surface area contributed by atoms with E-state index in [1.807, 2.05) is 0 Å². The maximum atomic E-state index is 12.8. The first-order valence-electron chi connectivity index (χ1n) is 10.5. The number of ether oxygens (including phenoxy) is 1. The molecular weight excluding hydrogens is 452 g/mol. The molecule has 0 saturated carbocycles. The number of hydrogen-bond acceptors (Lipinski definition) is 6. The van der Waals surface area contributed by atoms with Gasteiger partial charge in [0.15, 0.2) is 0 Å². The number of sulfonamides is 2. The fourth-order valence-electron chi connectivity index (χ4n) is 3.89. The van der Waals surface area contributed by atoms with Crippen LogP contribution in [0.1, 0.15) is 30.4 Å². The summed E-state index contributed by atoms with van der Waals surface area (Å²) >= 11 is 0. The summed E-state index contributed by atoms with van der Waals surface area (Å²) < 4.78 is 61.7. The molecule has 0 spiro atoms. The van der Waals surface area contributed by atoms with E-state index in [0.29, 0.717) is 30.4 Å². The van der Waals surface area contributed by atoms with Gasteiger partial charge in [-0.2, -0.15) is 0 Å². The second-order valence-electron chi connectivity index (χ2n) is 8.00. The van der Waals surface area contributed by atoms with Gasteiger partial charge in [0.2, 0.25) is 20.0 Å². The molecule has 176 valence electrons. The lowest BCUT2D eigenvalue weighted by molar-refractivity contribution is -0.0869. The van der Waals surface area contributed by atoms with Crippen molar-refractivity contribution in [2.75, 3.05) is 13.2 Å². The van der Waals surface area contributed by atoms with E-state index in [0.717, 1.165) is 0 Å². The zero-order chi connectivity index (χ0) is 23.4. The summed E-state index contributed by atoms with van der Waals surface area (Å²) in [6.45, 7) is 3.30. The van der Waals surface area contributed by atoms with Crippen molar-refractivity contribution in [3.8, 4) is 0 Å². The number of rotatable bonds is 9. The summed E-state index contributed by atoms with van der Waals surface area (Å²) in [5.74, 6) is 0. The first-order chi connectivity index (χ1) is 15.1. The van der Waals surface area contributed by atoms with Crippen LogP contribution in [-0.2, 0) is 24.8 Å². The summed E-state index contributed by atoms with van der Waals surface area (Å²) in [7, 11) is -7.38. The van der Waals surface area contributed by atoms with E-state index in [1.54, 1.807) is 62.4 Å². The normalized spacial score (nSPS) is 22.0. The van der Waals surface area contributed by atoms with Crippen molar-refractivity contribution in [1.29, 1.82) is 0 Å². The predicted molar refractivity (Wildman–Crippen MR) is 121 cm³/mol. The third kappa shape index (κ3) is 5.94. The van der Waals surface area contributed by atoms with E-state index in [-0.39, 0.29) is 29.0 Å². The second-order valence-corrected chi connectivity index (χ2v) is 11.4. The zero-order valence-electron chi connectivity index (χ0n) is 18.2. The van der Waals surface area contributed by atoms with Crippen molar-refractivity contribution in [2.24, 2.45) is 0 Å². The third-order valence-corrected chi connectivity index (χ3v) is 8.90. The Balaban J connectivity index is 1.57. The predicted octanol–water partition coefficient (Wildman–Crippen LogP) is 1.86. The minimum Gasteiger partial charge on any atom is -0.394 e. The van der Waals surface area contributed by atoms with Crippen LogP contribution < -0.4 is 9.44 Å². The largest absolute Gasteiger partial charge is 0.394 e. The quantitative estimate of drug-likeness (QED) is 0.502. The van der Waals surface area contributed by atoms with E-state index in [2.05, 4.69) is 9.44 Å². The zero-order valence-corrected chi connectivity index (χ0v) is 19.8. The highest BCUT2D eigenvalue weighted by Gasteiger charge is 2.34. The van der Waals surface area contributed by atoms with Gasteiger partial charge in [-0.1, -0.05) is 36.4 Å². The van der Waals surface area contributed by atoms with Crippen LogP contribution in [0.25, 0.3) is 0 Å². The van der Waals surface area contributed by atoms with Crippen molar-refractivity contribution < 1.29 is 26.7 Å². The lowest BCUT2D eigenvalue weighted by atomic mass is 9.98. The van der Waals surface area contributed by atoms with E-state index in [4.69, 9.17) is 4.74 Å². The average molecular weight is 483 g/mol. The van der Waals surface area contributed by atoms with Crippen LogP contribution in [0.2, 0.25) is 0 Å². The van der Waals surface area contributed by atoms with Gasteiger partial charge < -0.3 is 9.84 Å². The van der Waals surface area contributed by atoms with Crippen molar-refractivity contribution >= 4 is 20.0 Å². The fraction of sp³-hybridized carbons (Fsp3) is 0.455.